The molecule has 0 bridgehead atoms. The molecule has 3 aromatic carbocycles. The van der Waals surface area contributed by atoms with Gasteiger partial charge in [0.25, 0.3) is 0 Å². The fraction of sp³-hybridized carbons (Fsp3) is 0.143. The molecule has 0 radical (unpaired) electrons. The summed E-state index contributed by atoms with van der Waals surface area (Å²) in [7, 11) is 2.01. The molecule has 0 aliphatic carbocycles. The van der Waals surface area contributed by atoms with Crippen LogP contribution in [0, 0.1) is 17.8 Å². The van der Waals surface area contributed by atoms with Crippen molar-refractivity contribution < 1.29 is 0 Å². The summed E-state index contributed by atoms with van der Waals surface area (Å²) in [6.45, 7) is 0. The second-order valence-electron chi connectivity index (χ2n) is 7.81. The number of aromatic nitrogens is 2. The molecular formula is C28H23N3. The van der Waals surface area contributed by atoms with E-state index in [-0.39, 0.29) is 5.92 Å². The number of nitrogens with zero attached hydrogens (tertiary/aromatic N) is 3. The molecule has 0 saturated carbocycles. The number of aliphatic imine (C=N–C) groups is 1. The molecule has 1 aromatic heterocycles. The van der Waals surface area contributed by atoms with Crippen LogP contribution in [0.3, 0.4) is 0 Å². The number of rotatable bonds is 3. The first kappa shape index (κ1) is 19.1. The van der Waals surface area contributed by atoms with Crippen LogP contribution in [0.2, 0.25) is 0 Å². The van der Waals surface area contributed by atoms with Crippen LogP contribution >= 0.6 is 0 Å². The van der Waals surface area contributed by atoms with Gasteiger partial charge in [-0.15, -0.1) is 0 Å². The smallest absolute Gasteiger partial charge is 0.153 e. The average molecular weight is 402 g/mol. The second kappa shape index (κ2) is 8.08. The summed E-state index contributed by atoms with van der Waals surface area (Å²) < 4.78 is 2.03. The van der Waals surface area contributed by atoms with E-state index in [1.807, 2.05) is 54.3 Å². The highest BCUT2D eigenvalue weighted by atomic mass is 15.1. The van der Waals surface area contributed by atoms with Gasteiger partial charge in [-0.05, 0) is 23.3 Å². The Bertz CT molecular complexity index is 1220. The van der Waals surface area contributed by atoms with Crippen LogP contribution in [-0.2, 0) is 12.6 Å². The summed E-state index contributed by atoms with van der Waals surface area (Å²) in [5.74, 6) is 7.90. The molecule has 5 rings (SSSR count). The molecule has 31 heavy (non-hydrogen) atoms. The molecule has 3 nitrogen and oxygen atoms in total. The van der Waals surface area contributed by atoms with E-state index < -0.39 is 5.54 Å². The first-order chi connectivity index (χ1) is 15.3. The normalized spacial score (nSPS) is 16.9. The summed E-state index contributed by atoms with van der Waals surface area (Å²) in [4.78, 5) is 9.98. The number of aryl methyl sites for hydroxylation is 1. The first-order valence-electron chi connectivity index (χ1n) is 10.5. The Hall–Kier alpha value is -3.90. The summed E-state index contributed by atoms with van der Waals surface area (Å²) >= 11 is 0. The highest BCUT2D eigenvalue weighted by Gasteiger charge is 2.47. The van der Waals surface area contributed by atoms with E-state index in [9.17, 15) is 0 Å². The molecule has 0 unspecified atom stereocenters. The molecule has 1 aliphatic rings. The SMILES string of the molecule is Cn1ccnc1C1=NC(c2ccccc2)(c2ccccc2)[C@@H](C#Cc2ccccc2)C1. The van der Waals surface area contributed by atoms with Crippen molar-refractivity contribution in [2.45, 2.75) is 12.0 Å². The lowest BCUT2D eigenvalue weighted by Crippen LogP contribution is -2.30. The number of imidazole rings is 1. The molecule has 0 spiro atoms. The predicted octanol–water partition coefficient (Wildman–Crippen LogP) is 5.22. The molecule has 2 heterocycles. The average Bonchev–Trinajstić information content (AvgIpc) is 3.43. The maximum Gasteiger partial charge on any atom is 0.153 e. The minimum absolute atomic E-state index is 0.00999. The Balaban J connectivity index is 1.73. The van der Waals surface area contributed by atoms with Gasteiger partial charge in [0.2, 0.25) is 0 Å². The Morgan fingerprint density at radius 1 is 0.839 bits per heavy atom. The van der Waals surface area contributed by atoms with E-state index in [1.165, 1.54) is 0 Å². The summed E-state index contributed by atoms with van der Waals surface area (Å²) in [5, 5.41) is 0. The third-order valence-electron chi connectivity index (χ3n) is 5.88. The highest BCUT2D eigenvalue weighted by Crippen LogP contribution is 2.47. The van der Waals surface area contributed by atoms with Gasteiger partial charge in [0, 0.05) is 31.4 Å². The van der Waals surface area contributed by atoms with Crippen molar-refractivity contribution in [2.75, 3.05) is 0 Å². The molecule has 150 valence electrons. The van der Waals surface area contributed by atoms with Crippen LogP contribution in [0.15, 0.2) is 108 Å². The van der Waals surface area contributed by atoms with Crippen molar-refractivity contribution in [3.8, 4) is 11.8 Å². The van der Waals surface area contributed by atoms with Crippen molar-refractivity contribution in [3.05, 3.63) is 126 Å². The van der Waals surface area contributed by atoms with Crippen LogP contribution < -0.4 is 0 Å². The third kappa shape index (κ3) is 3.47. The van der Waals surface area contributed by atoms with E-state index >= 15 is 0 Å². The number of hydrogen-bond acceptors (Lipinski definition) is 2. The number of benzene rings is 3. The second-order valence-corrected chi connectivity index (χ2v) is 7.81. The molecular weight excluding hydrogens is 378 g/mol. The molecule has 3 heteroatoms. The van der Waals surface area contributed by atoms with E-state index in [0.29, 0.717) is 0 Å². The van der Waals surface area contributed by atoms with Crippen molar-refractivity contribution in [1.29, 1.82) is 0 Å². The van der Waals surface area contributed by atoms with Crippen molar-refractivity contribution >= 4 is 5.71 Å². The quantitative estimate of drug-likeness (QED) is 0.433. The lowest BCUT2D eigenvalue weighted by molar-refractivity contribution is 0.451. The van der Waals surface area contributed by atoms with Gasteiger partial charge in [0.05, 0.1) is 11.6 Å². The lowest BCUT2D eigenvalue weighted by atomic mass is 9.74. The van der Waals surface area contributed by atoms with Crippen LogP contribution in [0.25, 0.3) is 0 Å². The van der Waals surface area contributed by atoms with Crippen LogP contribution in [0.4, 0.5) is 0 Å². The fourth-order valence-electron chi connectivity index (χ4n) is 4.39. The first-order valence-corrected chi connectivity index (χ1v) is 10.5. The standard InChI is InChI=1S/C28H23N3/c1-31-20-19-29-27(31)26-21-25(18-17-22-11-5-2-6-12-22)28(30-26,23-13-7-3-8-14-23)24-15-9-4-10-16-24/h2-16,19-20,25H,21H2,1H3/t25-/m0/s1. The maximum absolute atomic E-state index is 5.39. The maximum atomic E-state index is 5.39. The summed E-state index contributed by atoms with van der Waals surface area (Å²) in [6.07, 6.45) is 4.54. The van der Waals surface area contributed by atoms with Gasteiger partial charge in [-0.3, -0.25) is 4.99 Å². The van der Waals surface area contributed by atoms with E-state index in [1.54, 1.807) is 0 Å². The van der Waals surface area contributed by atoms with Gasteiger partial charge in [0.15, 0.2) is 5.82 Å². The Morgan fingerprint density at radius 2 is 1.42 bits per heavy atom. The zero-order valence-electron chi connectivity index (χ0n) is 17.4. The molecule has 0 N–H and O–H groups in total. The van der Waals surface area contributed by atoms with Gasteiger partial charge in [-0.1, -0.05) is 90.7 Å². The lowest BCUT2D eigenvalue weighted by Gasteiger charge is -2.32. The number of hydrogen-bond donors (Lipinski definition) is 0. The van der Waals surface area contributed by atoms with Crippen LogP contribution in [-0.4, -0.2) is 15.3 Å². The van der Waals surface area contributed by atoms with Gasteiger partial charge >= 0.3 is 0 Å². The summed E-state index contributed by atoms with van der Waals surface area (Å²) in [6, 6.07) is 31.2. The monoisotopic (exact) mass is 401 g/mol. The summed E-state index contributed by atoms with van der Waals surface area (Å²) in [5.41, 5.74) is 3.73. The highest BCUT2D eigenvalue weighted by molar-refractivity contribution is 6.00. The van der Waals surface area contributed by atoms with Crippen molar-refractivity contribution in [2.24, 2.45) is 18.0 Å². The Morgan fingerprint density at radius 3 is 1.97 bits per heavy atom. The van der Waals surface area contributed by atoms with Crippen LogP contribution in [0.5, 0.6) is 0 Å². The van der Waals surface area contributed by atoms with E-state index in [4.69, 9.17) is 4.99 Å². The molecule has 1 aliphatic heterocycles. The third-order valence-corrected chi connectivity index (χ3v) is 5.88. The topological polar surface area (TPSA) is 30.2 Å². The Kier molecular flexibility index (Phi) is 4.98. The van der Waals surface area contributed by atoms with Crippen LogP contribution in [0.1, 0.15) is 28.9 Å². The van der Waals surface area contributed by atoms with Gasteiger partial charge < -0.3 is 4.57 Å². The van der Waals surface area contributed by atoms with Crippen molar-refractivity contribution in [1.82, 2.24) is 9.55 Å². The largest absolute Gasteiger partial charge is 0.333 e. The molecule has 0 saturated heterocycles. The molecule has 0 amide bonds. The fourth-order valence-corrected chi connectivity index (χ4v) is 4.39. The van der Waals surface area contributed by atoms with Gasteiger partial charge in [0.1, 0.15) is 5.54 Å². The van der Waals surface area contributed by atoms with Crippen molar-refractivity contribution in [3.63, 3.8) is 0 Å². The predicted molar refractivity (Wildman–Crippen MR) is 125 cm³/mol. The molecule has 4 aromatic rings. The zero-order chi connectivity index (χ0) is 21.1. The van der Waals surface area contributed by atoms with E-state index in [0.717, 1.165) is 34.6 Å². The van der Waals surface area contributed by atoms with Gasteiger partial charge in [-0.2, -0.15) is 0 Å². The molecule has 1 atom stereocenters. The molecule has 0 fully saturated rings. The minimum atomic E-state index is -0.578. The van der Waals surface area contributed by atoms with Gasteiger partial charge in [-0.25, -0.2) is 4.98 Å². The minimum Gasteiger partial charge on any atom is -0.333 e. The Labute approximate surface area is 183 Å². The zero-order valence-corrected chi connectivity index (χ0v) is 17.4. The van der Waals surface area contributed by atoms with E-state index in [2.05, 4.69) is 77.5 Å².